The summed E-state index contributed by atoms with van der Waals surface area (Å²) in [5.41, 5.74) is 2.01. The fraction of sp³-hybridized carbons (Fsp3) is 0. The summed E-state index contributed by atoms with van der Waals surface area (Å²) in [6, 6.07) is 16.8. The van der Waals surface area contributed by atoms with Gasteiger partial charge in [0, 0.05) is 26.6 Å². The third-order valence-electron chi connectivity index (χ3n) is 1.65. The van der Waals surface area contributed by atoms with Gasteiger partial charge in [-0.1, -0.05) is 12.1 Å². The van der Waals surface area contributed by atoms with E-state index in [9.17, 15) is 0 Å². The molecule has 0 aliphatic rings. The topological polar surface area (TPSA) is 12.9 Å². The first-order valence-electron chi connectivity index (χ1n) is 3.85. The first kappa shape index (κ1) is 10.1. The van der Waals surface area contributed by atoms with Crippen LogP contribution >= 0.6 is 0 Å². The maximum atomic E-state index is 4.22. The summed E-state index contributed by atoms with van der Waals surface area (Å²) >= 11 is 0. The second-order valence-corrected chi connectivity index (χ2v) is 2.49. The Balaban J connectivity index is 0.000000845. The molecule has 0 atom stereocenters. The Bertz CT molecular complexity index is 307. The molecule has 0 saturated carbocycles. The van der Waals surface area contributed by atoms with Crippen molar-refractivity contribution in [2.75, 3.05) is 0 Å². The molecule has 0 amide bonds. The quantitative estimate of drug-likeness (QED) is 0.727. The molecule has 0 unspecified atom stereocenters. The Morgan fingerprint density at radius 1 is 1.00 bits per heavy atom. The van der Waals surface area contributed by atoms with E-state index in [4.69, 9.17) is 0 Å². The van der Waals surface area contributed by atoms with E-state index in [-0.39, 0.29) is 20.4 Å². The SMILES string of the molecule is [Re].[c-]1ccccc1-c1ccccn1. The molecule has 1 radical (unpaired) electrons. The summed E-state index contributed by atoms with van der Waals surface area (Å²) in [7, 11) is 0. The molecule has 2 aromatic rings. The summed E-state index contributed by atoms with van der Waals surface area (Å²) < 4.78 is 0. The molecule has 0 aliphatic carbocycles. The molecule has 2 heteroatoms. The van der Waals surface area contributed by atoms with Crippen LogP contribution in [-0.2, 0) is 20.4 Å². The summed E-state index contributed by atoms with van der Waals surface area (Å²) in [6.45, 7) is 0. The van der Waals surface area contributed by atoms with Crippen LogP contribution in [0.4, 0.5) is 0 Å². The van der Waals surface area contributed by atoms with Crippen molar-refractivity contribution in [1.29, 1.82) is 0 Å². The molecule has 1 nitrogen and oxygen atoms in total. The van der Waals surface area contributed by atoms with Crippen molar-refractivity contribution >= 4 is 0 Å². The van der Waals surface area contributed by atoms with Gasteiger partial charge in [0.2, 0.25) is 0 Å². The minimum absolute atomic E-state index is 0. The number of rotatable bonds is 1. The predicted molar refractivity (Wildman–Crippen MR) is 48.5 cm³/mol. The Hall–Kier alpha value is -0.968. The summed E-state index contributed by atoms with van der Waals surface area (Å²) in [6.07, 6.45) is 1.79. The van der Waals surface area contributed by atoms with Crippen LogP contribution in [0.25, 0.3) is 11.3 Å². The normalized spacial score (nSPS) is 8.92. The third-order valence-corrected chi connectivity index (χ3v) is 1.65. The minimum Gasteiger partial charge on any atom is -0.305 e. The Labute approximate surface area is 91.5 Å². The van der Waals surface area contributed by atoms with Crippen LogP contribution in [-0.4, -0.2) is 4.98 Å². The van der Waals surface area contributed by atoms with Crippen molar-refractivity contribution in [3.05, 3.63) is 54.7 Å². The molecule has 65 valence electrons. The zero-order valence-electron chi connectivity index (χ0n) is 6.94. The molecule has 0 fully saturated rings. The molecule has 1 heterocycles. The molecule has 0 N–H and O–H groups in total. The van der Waals surface area contributed by atoms with Gasteiger partial charge in [-0.05, 0) is 11.8 Å². The van der Waals surface area contributed by atoms with E-state index in [0.717, 1.165) is 11.3 Å². The van der Waals surface area contributed by atoms with Gasteiger partial charge in [0.1, 0.15) is 0 Å². The molecule has 0 saturated heterocycles. The average molecular weight is 340 g/mol. The van der Waals surface area contributed by atoms with Crippen LogP contribution in [0.5, 0.6) is 0 Å². The minimum atomic E-state index is 0. The zero-order valence-corrected chi connectivity index (χ0v) is 9.66. The standard InChI is InChI=1S/C11H8N.Re/c1-2-6-10(7-3-1)11-8-4-5-9-12-11;/h1-6,8-9H;/q-1;. The second kappa shape index (κ2) is 4.91. The molecular formula is C11H8NRe-. The predicted octanol–water partition coefficient (Wildman–Crippen LogP) is 2.55. The second-order valence-electron chi connectivity index (χ2n) is 2.49. The van der Waals surface area contributed by atoms with Crippen molar-refractivity contribution in [1.82, 2.24) is 4.98 Å². The van der Waals surface area contributed by atoms with Gasteiger partial charge in [-0.2, -0.15) is 0 Å². The Morgan fingerprint density at radius 2 is 1.85 bits per heavy atom. The van der Waals surface area contributed by atoms with Gasteiger partial charge in [-0.25, -0.2) is 0 Å². The van der Waals surface area contributed by atoms with E-state index in [1.807, 2.05) is 42.5 Å². The van der Waals surface area contributed by atoms with Crippen LogP contribution in [0.2, 0.25) is 0 Å². The largest absolute Gasteiger partial charge is 0.305 e. The zero-order chi connectivity index (χ0) is 8.23. The number of hydrogen-bond donors (Lipinski definition) is 0. The van der Waals surface area contributed by atoms with Crippen LogP contribution < -0.4 is 0 Å². The fourth-order valence-electron chi connectivity index (χ4n) is 1.07. The number of nitrogens with zero attached hydrogens (tertiary/aromatic N) is 1. The van der Waals surface area contributed by atoms with Crippen molar-refractivity contribution < 1.29 is 20.4 Å². The number of pyridine rings is 1. The van der Waals surface area contributed by atoms with Gasteiger partial charge in [-0.3, -0.25) is 0 Å². The monoisotopic (exact) mass is 341 g/mol. The van der Waals surface area contributed by atoms with Gasteiger partial charge in [0.15, 0.2) is 0 Å². The van der Waals surface area contributed by atoms with Gasteiger partial charge in [0.05, 0.1) is 0 Å². The van der Waals surface area contributed by atoms with Crippen molar-refractivity contribution in [3.8, 4) is 11.3 Å². The molecule has 1 aromatic carbocycles. The number of aromatic nitrogens is 1. The summed E-state index contributed by atoms with van der Waals surface area (Å²) in [4.78, 5) is 4.22. The van der Waals surface area contributed by atoms with Gasteiger partial charge in [0.25, 0.3) is 0 Å². The van der Waals surface area contributed by atoms with Crippen LogP contribution in [0.1, 0.15) is 0 Å². The Morgan fingerprint density at radius 3 is 2.46 bits per heavy atom. The van der Waals surface area contributed by atoms with Crippen LogP contribution in [0.15, 0.2) is 48.7 Å². The molecule has 1 aromatic heterocycles. The number of benzene rings is 1. The van der Waals surface area contributed by atoms with Gasteiger partial charge in [-0.15, -0.1) is 35.9 Å². The van der Waals surface area contributed by atoms with E-state index in [1.165, 1.54) is 0 Å². The summed E-state index contributed by atoms with van der Waals surface area (Å²) in [5, 5.41) is 0. The van der Waals surface area contributed by atoms with E-state index < -0.39 is 0 Å². The molecule has 0 spiro atoms. The first-order valence-corrected chi connectivity index (χ1v) is 3.85. The van der Waals surface area contributed by atoms with E-state index in [0.29, 0.717) is 0 Å². The van der Waals surface area contributed by atoms with Crippen molar-refractivity contribution in [2.24, 2.45) is 0 Å². The average Bonchev–Trinajstić information content (AvgIpc) is 2.21. The van der Waals surface area contributed by atoms with E-state index in [1.54, 1.807) is 6.20 Å². The smallest absolute Gasteiger partial charge is 0.0160 e. The summed E-state index contributed by atoms with van der Waals surface area (Å²) in [5.74, 6) is 0. The molecule has 2 rings (SSSR count). The maximum absolute atomic E-state index is 4.22. The van der Waals surface area contributed by atoms with Crippen molar-refractivity contribution in [3.63, 3.8) is 0 Å². The molecule has 0 bridgehead atoms. The number of hydrogen-bond acceptors (Lipinski definition) is 1. The Kier molecular flexibility index (Phi) is 3.82. The first-order chi connectivity index (χ1) is 5.97. The van der Waals surface area contributed by atoms with Crippen molar-refractivity contribution in [2.45, 2.75) is 0 Å². The van der Waals surface area contributed by atoms with Crippen LogP contribution in [0.3, 0.4) is 0 Å². The molecular weight excluding hydrogens is 332 g/mol. The van der Waals surface area contributed by atoms with Gasteiger partial charge >= 0.3 is 0 Å². The van der Waals surface area contributed by atoms with E-state index in [2.05, 4.69) is 11.1 Å². The molecule has 13 heavy (non-hydrogen) atoms. The third kappa shape index (κ3) is 2.48. The fourth-order valence-corrected chi connectivity index (χ4v) is 1.07. The maximum Gasteiger partial charge on any atom is 0.0160 e. The van der Waals surface area contributed by atoms with Gasteiger partial charge < -0.3 is 4.98 Å². The van der Waals surface area contributed by atoms with E-state index >= 15 is 0 Å². The van der Waals surface area contributed by atoms with Crippen LogP contribution in [0, 0.1) is 6.07 Å². The molecule has 0 aliphatic heterocycles.